The second-order valence-electron chi connectivity index (χ2n) is 5.06. The lowest BCUT2D eigenvalue weighted by Crippen LogP contribution is -2.24. The van der Waals surface area contributed by atoms with Gasteiger partial charge in [0.2, 0.25) is 0 Å². The normalized spacial score (nSPS) is 25.4. The molecule has 1 aromatic carbocycles. The minimum atomic E-state index is -0.700. The summed E-state index contributed by atoms with van der Waals surface area (Å²) in [5, 5.41) is 0. The van der Waals surface area contributed by atoms with Gasteiger partial charge in [0.25, 0.3) is 0 Å². The van der Waals surface area contributed by atoms with Crippen molar-refractivity contribution in [1.29, 1.82) is 0 Å². The highest BCUT2D eigenvalue weighted by molar-refractivity contribution is 5.27. The van der Waals surface area contributed by atoms with E-state index in [4.69, 9.17) is 9.47 Å². The number of fused-ring (bicyclic) bond motifs is 1. The van der Waals surface area contributed by atoms with Gasteiger partial charge in [0.1, 0.15) is 11.9 Å². The lowest BCUT2D eigenvalue weighted by molar-refractivity contribution is 0.0640. The highest BCUT2D eigenvalue weighted by Gasteiger charge is 2.32. The highest BCUT2D eigenvalue weighted by atomic mass is 19.1. The van der Waals surface area contributed by atoms with Gasteiger partial charge in [-0.3, -0.25) is 0 Å². The molecule has 1 aromatic rings. The molecule has 1 fully saturated rings. The molecule has 2 heterocycles. The van der Waals surface area contributed by atoms with Crippen LogP contribution in [0, 0.1) is 0 Å². The summed E-state index contributed by atoms with van der Waals surface area (Å²) in [6.07, 6.45) is 1.99. The summed E-state index contributed by atoms with van der Waals surface area (Å²) in [6.45, 7) is 1.88. The van der Waals surface area contributed by atoms with Crippen molar-refractivity contribution in [2.45, 2.75) is 25.3 Å². The molecular weight excluding hydrogens is 245 g/mol. The van der Waals surface area contributed by atoms with Crippen LogP contribution in [0.1, 0.15) is 12.0 Å². The molecule has 0 bridgehead atoms. The summed E-state index contributed by atoms with van der Waals surface area (Å²) in [5.41, 5.74) is 2.22. The topological polar surface area (TPSA) is 21.7 Å². The molecule has 2 atom stereocenters. The number of benzene rings is 1. The third-order valence-electron chi connectivity index (χ3n) is 3.66. The van der Waals surface area contributed by atoms with E-state index in [0.717, 1.165) is 23.6 Å². The Morgan fingerprint density at radius 1 is 1.26 bits per heavy atom. The number of halogens is 1. The second kappa shape index (κ2) is 5.21. The molecule has 0 radical (unpaired) electrons. The van der Waals surface area contributed by atoms with Crippen LogP contribution in [0.15, 0.2) is 36.0 Å². The van der Waals surface area contributed by atoms with Crippen LogP contribution in [-0.4, -0.2) is 37.4 Å². The summed E-state index contributed by atoms with van der Waals surface area (Å²) < 4.78 is 24.1. The number of ether oxygens (including phenoxy) is 2. The fourth-order valence-electron chi connectivity index (χ4n) is 2.65. The van der Waals surface area contributed by atoms with Gasteiger partial charge < -0.3 is 14.4 Å². The summed E-state index contributed by atoms with van der Waals surface area (Å²) >= 11 is 0. The van der Waals surface area contributed by atoms with Gasteiger partial charge in [0.15, 0.2) is 0 Å². The maximum Gasteiger partial charge on any atom is 0.123 e. The highest BCUT2D eigenvalue weighted by Crippen LogP contribution is 2.30. The van der Waals surface area contributed by atoms with E-state index in [-0.39, 0.29) is 6.10 Å². The molecule has 3 nitrogen and oxygen atoms in total. The first-order valence-corrected chi connectivity index (χ1v) is 6.59. The number of allylic oxidation sites excluding steroid dienone is 1. The van der Waals surface area contributed by atoms with E-state index in [0.29, 0.717) is 19.6 Å². The molecule has 19 heavy (non-hydrogen) atoms. The number of methoxy groups -OCH3 is 1. The third-order valence-corrected chi connectivity index (χ3v) is 3.66. The predicted octanol–water partition coefficient (Wildman–Crippen LogP) is 2.52. The smallest absolute Gasteiger partial charge is 0.123 e. The minimum Gasteiger partial charge on any atom is -0.497 e. The van der Waals surface area contributed by atoms with Gasteiger partial charge in [-0.05, 0) is 23.8 Å². The quantitative estimate of drug-likeness (QED) is 0.833. The zero-order chi connectivity index (χ0) is 13.2. The lowest BCUT2D eigenvalue weighted by atomic mass is 10.2. The van der Waals surface area contributed by atoms with Crippen LogP contribution in [0.3, 0.4) is 0 Å². The van der Waals surface area contributed by atoms with E-state index < -0.39 is 6.17 Å². The fourth-order valence-corrected chi connectivity index (χ4v) is 2.65. The number of rotatable bonds is 4. The fraction of sp³-hybridized carbons (Fsp3) is 0.467. The predicted molar refractivity (Wildman–Crippen MR) is 70.7 cm³/mol. The first-order chi connectivity index (χ1) is 9.24. The summed E-state index contributed by atoms with van der Waals surface area (Å²) in [6, 6.07) is 7.86. The van der Waals surface area contributed by atoms with Crippen LogP contribution in [-0.2, 0) is 11.3 Å². The Kier molecular flexibility index (Phi) is 3.42. The minimum absolute atomic E-state index is 0.0876. The zero-order valence-corrected chi connectivity index (χ0v) is 11.0. The van der Waals surface area contributed by atoms with E-state index in [9.17, 15) is 4.39 Å². The molecule has 102 valence electrons. The summed E-state index contributed by atoms with van der Waals surface area (Å²) in [4.78, 5) is 2.09. The molecule has 0 spiro atoms. The van der Waals surface area contributed by atoms with Crippen LogP contribution in [0.25, 0.3) is 0 Å². The van der Waals surface area contributed by atoms with Crippen molar-refractivity contribution in [1.82, 2.24) is 4.90 Å². The molecule has 4 heteroatoms. The summed E-state index contributed by atoms with van der Waals surface area (Å²) in [7, 11) is 1.65. The molecule has 2 aliphatic rings. The molecule has 0 N–H and O–H groups in total. The maximum absolute atomic E-state index is 13.2. The lowest BCUT2D eigenvalue weighted by Gasteiger charge is -2.16. The Labute approximate surface area is 112 Å². The summed E-state index contributed by atoms with van der Waals surface area (Å²) in [5.74, 6) is 0.848. The SMILES string of the molecule is COc1ccc(CO[C@@H]2C=C3C[C@@H](F)CN3C2)cc1. The molecule has 2 aliphatic heterocycles. The molecule has 3 rings (SSSR count). The molecular formula is C15H18FNO2. The van der Waals surface area contributed by atoms with Crippen LogP contribution in [0.4, 0.5) is 4.39 Å². The van der Waals surface area contributed by atoms with Crippen molar-refractivity contribution in [3.05, 3.63) is 41.6 Å². The standard InChI is InChI=1S/C15H18FNO2/c1-18-14-4-2-11(3-5-14)10-19-15-7-13-6-12(16)8-17(13)9-15/h2-5,7,12,15H,6,8-10H2,1H3/t12-,15-/m1/s1. The number of alkyl halides is 1. The van der Waals surface area contributed by atoms with Crippen molar-refractivity contribution in [2.75, 3.05) is 20.2 Å². The van der Waals surface area contributed by atoms with Crippen LogP contribution < -0.4 is 4.74 Å². The zero-order valence-electron chi connectivity index (χ0n) is 11.0. The Balaban J connectivity index is 1.53. The van der Waals surface area contributed by atoms with E-state index >= 15 is 0 Å². The Bertz CT molecular complexity index is 472. The number of hydrogen-bond acceptors (Lipinski definition) is 3. The van der Waals surface area contributed by atoms with Gasteiger partial charge in [0, 0.05) is 25.2 Å². The van der Waals surface area contributed by atoms with E-state index in [1.165, 1.54) is 0 Å². The Morgan fingerprint density at radius 2 is 2.05 bits per heavy atom. The molecule has 0 unspecified atom stereocenters. The molecule has 0 aliphatic carbocycles. The number of hydrogen-bond donors (Lipinski definition) is 0. The van der Waals surface area contributed by atoms with E-state index in [1.807, 2.05) is 24.3 Å². The third kappa shape index (κ3) is 2.73. The van der Waals surface area contributed by atoms with Crippen LogP contribution in [0.2, 0.25) is 0 Å². The van der Waals surface area contributed by atoms with Crippen LogP contribution >= 0.6 is 0 Å². The van der Waals surface area contributed by atoms with Gasteiger partial charge in [-0.1, -0.05) is 12.1 Å². The first kappa shape index (κ1) is 12.5. The van der Waals surface area contributed by atoms with Gasteiger partial charge in [-0.15, -0.1) is 0 Å². The van der Waals surface area contributed by atoms with Crippen molar-refractivity contribution < 1.29 is 13.9 Å². The first-order valence-electron chi connectivity index (χ1n) is 6.59. The van der Waals surface area contributed by atoms with E-state index in [1.54, 1.807) is 7.11 Å². The van der Waals surface area contributed by atoms with Crippen LogP contribution in [0.5, 0.6) is 5.75 Å². The monoisotopic (exact) mass is 263 g/mol. The Morgan fingerprint density at radius 3 is 2.74 bits per heavy atom. The molecule has 1 saturated heterocycles. The largest absolute Gasteiger partial charge is 0.497 e. The van der Waals surface area contributed by atoms with Crippen molar-refractivity contribution in [3.63, 3.8) is 0 Å². The second-order valence-corrected chi connectivity index (χ2v) is 5.06. The maximum atomic E-state index is 13.2. The van der Waals surface area contributed by atoms with Gasteiger partial charge >= 0.3 is 0 Å². The average Bonchev–Trinajstić information content (AvgIpc) is 2.93. The Hall–Kier alpha value is -1.55. The molecule has 0 amide bonds. The van der Waals surface area contributed by atoms with Crippen molar-refractivity contribution in [2.24, 2.45) is 0 Å². The molecule has 0 aromatic heterocycles. The van der Waals surface area contributed by atoms with Crippen molar-refractivity contribution >= 4 is 0 Å². The van der Waals surface area contributed by atoms with E-state index in [2.05, 4.69) is 11.0 Å². The van der Waals surface area contributed by atoms with Gasteiger partial charge in [-0.2, -0.15) is 0 Å². The van der Waals surface area contributed by atoms with Crippen molar-refractivity contribution in [3.8, 4) is 5.75 Å². The molecule has 0 saturated carbocycles. The number of nitrogens with zero attached hydrogens (tertiary/aromatic N) is 1. The average molecular weight is 263 g/mol. The van der Waals surface area contributed by atoms with Gasteiger partial charge in [-0.25, -0.2) is 4.39 Å². The van der Waals surface area contributed by atoms with Gasteiger partial charge in [0.05, 0.1) is 19.8 Å².